The molecule has 0 aromatic heterocycles. The second-order valence-electron chi connectivity index (χ2n) is 31.7. The molecule has 19 rings (SSSR count). The minimum Gasteiger partial charge on any atom is -0.482 e. The van der Waals surface area contributed by atoms with Gasteiger partial charge in [-0.25, -0.2) is 0 Å². The molecule has 10 fully saturated rings. The Morgan fingerprint density at radius 3 is 0.978 bits per heavy atom. The zero-order valence-electron chi connectivity index (χ0n) is 51.5. The van der Waals surface area contributed by atoms with Crippen LogP contribution in [-0.2, 0) is 49.9 Å². The Morgan fingerprint density at radius 2 is 0.711 bits per heavy atom. The molecule has 90 heavy (non-hydrogen) atoms. The van der Waals surface area contributed by atoms with Gasteiger partial charge in [0.1, 0.15) is 18.3 Å². The van der Waals surface area contributed by atoms with E-state index in [1.165, 1.54) is 57.8 Å². The van der Waals surface area contributed by atoms with Gasteiger partial charge in [0.25, 0.3) is 0 Å². The fourth-order valence-corrected chi connectivity index (χ4v) is 23.2. The Hall–Kier alpha value is -4.89. The highest BCUT2D eigenvalue weighted by Crippen LogP contribution is 2.70. The zero-order valence-corrected chi connectivity index (χ0v) is 51.5. The minimum absolute atomic E-state index is 0.0242. The van der Waals surface area contributed by atoms with Gasteiger partial charge in [0.05, 0.1) is 69.1 Å². The molecular weight excluding hydrogens is 1150 g/mol. The zero-order chi connectivity index (χ0) is 60.8. The quantitative estimate of drug-likeness (QED) is 0.0931. The number of ether oxygens (including phenoxy) is 6. The highest BCUT2D eigenvalue weighted by molar-refractivity contribution is 5.84. The molecule has 18 heteroatoms. The van der Waals surface area contributed by atoms with Gasteiger partial charge < -0.3 is 59.1 Å². The Kier molecular flexibility index (Phi) is 12.3. The summed E-state index contributed by atoms with van der Waals surface area (Å²) in [5, 5.41) is 74.8. The summed E-state index contributed by atoms with van der Waals surface area (Å²) in [6.07, 6.45) is 12.0. The molecule has 3 aromatic rings. The van der Waals surface area contributed by atoms with Gasteiger partial charge in [0.2, 0.25) is 0 Å². The monoisotopic (exact) mass is 1230 g/mol. The van der Waals surface area contributed by atoms with Crippen LogP contribution in [-0.4, -0.2) is 174 Å². The van der Waals surface area contributed by atoms with Crippen LogP contribution in [0.2, 0.25) is 0 Å². The van der Waals surface area contributed by atoms with Crippen LogP contribution >= 0.6 is 0 Å². The van der Waals surface area contributed by atoms with E-state index < -0.39 is 105 Å². The molecule has 0 amide bonds. The average Bonchev–Trinajstić information content (AvgIpc) is 1.34. The SMILES string of the molecule is O=C(Oc1ccc2c3c1O[C@H]1[C@@H](O)CC[C@@]4(O)[C@@H](C2)N(CC2CCC2)CC[C@]314)C1CC(C(=O)Oc2ccc3c4c2O[C@H]2[C@@H](O)CC[C@@]5(O)[C@@H](C3)N(CC3CCC3)CC[C@]425)CC(C(=O)Oc2ccc3c4c2O[C@H]2[C@@H](O)CC[C@@]5(O)[C@@H](C3)N(CC3CCC3)CC[C@]425)C1. The molecule has 18 nitrogen and oxygen atoms in total. The standard InChI is InChI=1S/C72H87N3O15/c76-46-16-19-70(82)52-31-40-10-13-49(58-55(40)67(70,61(46)88-58)22-25-73(52)34-37-4-1-5-37)85-64(79)43-28-44(65(80)86-50-14-11-41-32-53-71(83)20-17-47(77)62-68(71,56(41)59(50)89-62)23-26-74(53)35-38-6-2-7-38)30-45(29-43)66(81)87-51-15-12-42-33-54-72(84)21-18-48(78)63-69(72,57(42)60(51)90-63)24-27-75(54)36-39-8-3-9-39/h10-15,37-39,43-48,52-54,61-63,76-78,82-84H,1-9,16-36H2/t43?,44?,45?,46-,47-,48-,52+,53+,54+,61-,62-,63-,67-,68-,69-,70+,71+,72+/m0/s1. The van der Waals surface area contributed by atoms with Crippen molar-refractivity contribution in [2.75, 3.05) is 39.3 Å². The maximum atomic E-state index is 15.3. The molecule has 6 heterocycles. The number of rotatable bonds is 12. The van der Waals surface area contributed by atoms with Gasteiger partial charge in [-0.1, -0.05) is 37.5 Å². The lowest BCUT2D eigenvalue weighted by molar-refractivity contribution is -0.209. The molecule has 6 N–H and O–H groups in total. The highest BCUT2D eigenvalue weighted by Gasteiger charge is 2.76. The predicted octanol–water partition coefficient (Wildman–Crippen LogP) is 5.78. The van der Waals surface area contributed by atoms with Crippen LogP contribution in [0.4, 0.5) is 0 Å². The van der Waals surface area contributed by atoms with Crippen molar-refractivity contribution in [1.82, 2.24) is 14.7 Å². The molecule has 3 aromatic carbocycles. The highest BCUT2D eigenvalue weighted by atomic mass is 16.6. The Morgan fingerprint density at radius 1 is 0.422 bits per heavy atom. The molecule has 15 atom stereocenters. The smallest absolute Gasteiger partial charge is 0.314 e. The maximum Gasteiger partial charge on any atom is 0.314 e. The first-order valence-corrected chi connectivity index (χ1v) is 35.1. The van der Waals surface area contributed by atoms with E-state index in [0.717, 1.165) is 72.6 Å². The van der Waals surface area contributed by atoms with Crippen LogP contribution in [0.25, 0.3) is 0 Å². The van der Waals surface area contributed by atoms with Gasteiger partial charge in [-0.05, 0) is 207 Å². The van der Waals surface area contributed by atoms with Crippen molar-refractivity contribution >= 4 is 17.9 Å². The van der Waals surface area contributed by atoms with Gasteiger partial charge in [-0.2, -0.15) is 0 Å². The maximum absolute atomic E-state index is 15.3. The fraction of sp³-hybridized carbons (Fsp3) is 0.708. The fourth-order valence-electron chi connectivity index (χ4n) is 23.2. The first-order valence-electron chi connectivity index (χ1n) is 35.1. The molecule has 6 bridgehead atoms. The van der Waals surface area contributed by atoms with Gasteiger partial charge in [0.15, 0.2) is 34.5 Å². The summed E-state index contributed by atoms with van der Waals surface area (Å²) in [6, 6.07) is 10.8. The third kappa shape index (κ3) is 7.30. The first-order chi connectivity index (χ1) is 43.5. The number of benzene rings is 3. The average molecular weight is 1230 g/mol. The minimum atomic E-state index is -1.17. The van der Waals surface area contributed by atoms with Gasteiger partial charge in [-0.3, -0.25) is 29.1 Å². The molecule has 7 saturated carbocycles. The van der Waals surface area contributed by atoms with Crippen molar-refractivity contribution in [3.8, 4) is 34.5 Å². The summed E-state index contributed by atoms with van der Waals surface area (Å²) in [5.74, 6) is -1.67. The number of likely N-dealkylation sites (tertiary alicyclic amines) is 3. The number of esters is 3. The number of nitrogens with zero attached hydrogens (tertiary/aromatic N) is 3. The number of carbonyl (C=O) groups excluding carboxylic acids is 3. The van der Waals surface area contributed by atoms with E-state index in [0.29, 0.717) is 112 Å². The summed E-state index contributed by atoms with van der Waals surface area (Å²) in [5.41, 5.74) is -0.744. The lowest BCUT2D eigenvalue weighted by Gasteiger charge is -2.64. The molecular formula is C72H87N3O15. The summed E-state index contributed by atoms with van der Waals surface area (Å²) in [6.45, 7) is 5.08. The largest absolute Gasteiger partial charge is 0.482 e. The summed E-state index contributed by atoms with van der Waals surface area (Å²) in [7, 11) is 0. The van der Waals surface area contributed by atoms with Crippen molar-refractivity contribution in [2.24, 2.45) is 35.5 Å². The topological polar surface area (TPSA) is 238 Å². The van der Waals surface area contributed by atoms with Crippen molar-refractivity contribution in [3.05, 3.63) is 69.8 Å². The third-order valence-corrected chi connectivity index (χ3v) is 28.1. The molecule has 480 valence electrons. The van der Waals surface area contributed by atoms with Crippen molar-refractivity contribution < 1.29 is 73.4 Å². The summed E-state index contributed by atoms with van der Waals surface area (Å²) < 4.78 is 40.0. The number of aliphatic hydroxyl groups excluding tert-OH is 3. The second kappa shape index (κ2) is 19.6. The summed E-state index contributed by atoms with van der Waals surface area (Å²) in [4.78, 5) is 53.2. The van der Waals surface area contributed by atoms with E-state index in [1.807, 2.05) is 18.2 Å². The number of hydrogen-bond donors (Lipinski definition) is 6. The van der Waals surface area contributed by atoms with Gasteiger partial charge >= 0.3 is 17.9 Å². The Balaban J connectivity index is 0.646. The van der Waals surface area contributed by atoms with Gasteiger partial charge in [0, 0.05) is 54.5 Å². The lowest BCUT2D eigenvalue weighted by Crippen LogP contribution is -2.77. The molecule has 0 unspecified atom stereocenters. The molecule has 10 aliphatic carbocycles. The van der Waals surface area contributed by atoms with Gasteiger partial charge in [-0.15, -0.1) is 0 Å². The number of hydrogen-bond acceptors (Lipinski definition) is 18. The van der Waals surface area contributed by atoms with Crippen LogP contribution in [0.15, 0.2) is 36.4 Å². The lowest BCUT2D eigenvalue weighted by atomic mass is 9.48. The van der Waals surface area contributed by atoms with E-state index in [-0.39, 0.29) is 54.6 Å². The van der Waals surface area contributed by atoms with Crippen LogP contribution in [0.1, 0.15) is 168 Å². The number of carbonyl (C=O) groups is 3. The number of aliphatic hydroxyl groups is 6. The predicted molar refractivity (Wildman–Crippen MR) is 322 cm³/mol. The number of piperidine rings is 3. The Bertz CT molecular complexity index is 3190. The molecule has 3 spiro atoms. The molecule has 6 aliphatic heterocycles. The molecule has 16 aliphatic rings. The van der Waals surface area contributed by atoms with Crippen LogP contribution in [0, 0.1) is 35.5 Å². The van der Waals surface area contributed by atoms with E-state index in [2.05, 4.69) is 14.7 Å². The van der Waals surface area contributed by atoms with Crippen LogP contribution in [0.3, 0.4) is 0 Å². The van der Waals surface area contributed by atoms with Crippen molar-refractivity contribution in [3.63, 3.8) is 0 Å². The normalized spacial score (nSPS) is 43.0. The van der Waals surface area contributed by atoms with Crippen molar-refractivity contribution in [2.45, 2.75) is 242 Å². The van der Waals surface area contributed by atoms with E-state index in [9.17, 15) is 30.6 Å². The van der Waals surface area contributed by atoms with E-state index in [4.69, 9.17) is 28.4 Å². The first kappa shape index (κ1) is 56.6. The molecule has 3 saturated heterocycles. The van der Waals surface area contributed by atoms with E-state index >= 15 is 14.4 Å². The van der Waals surface area contributed by atoms with Crippen LogP contribution < -0.4 is 28.4 Å². The summed E-state index contributed by atoms with van der Waals surface area (Å²) >= 11 is 0. The third-order valence-electron chi connectivity index (χ3n) is 28.1. The van der Waals surface area contributed by atoms with Crippen molar-refractivity contribution in [1.29, 1.82) is 0 Å². The van der Waals surface area contributed by atoms with Crippen LogP contribution in [0.5, 0.6) is 34.5 Å². The second-order valence-corrected chi connectivity index (χ2v) is 31.7. The van der Waals surface area contributed by atoms with E-state index in [1.54, 1.807) is 18.2 Å². The molecule has 0 radical (unpaired) electrons. The Labute approximate surface area is 524 Å².